The van der Waals surface area contributed by atoms with E-state index >= 15 is 0 Å². The number of ether oxygens (including phenoxy) is 2. The monoisotopic (exact) mass is 276 g/mol. The van der Waals surface area contributed by atoms with Crippen molar-refractivity contribution in [2.45, 2.75) is 33.3 Å². The molecule has 0 aromatic carbocycles. The van der Waals surface area contributed by atoms with Crippen molar-refractivity contribution in [2.75, 3.05) is 5.73 Å². The number of aromatic nitrogens is 3. The number of nitrogens with zero attached hydrogens (tertiary/aromatic N) is 3. The van der Waals surface area contributed by atoms with Crippen LogP contribution in [0.1, 0.15) is 26.5 Å². The molecule has 2 rings (SSSR count). The molecule has 0 aliphatic rings. The maximum atomic E-state index is 5.86. The van der Waals surface area contributed by atoms with Gasteiger partial charge in [-0.15, -0.1) is 0 Å². The summed E-state index contributed by atoms with van der Waals surface area (Å²) >= 11 is 0. The van der Waals surface area contributed by atoms with E-state index in [-0.39, 0.29) is 5.60 Å². The fourth-order valence-corrected chi connectivity index (χ4v) is 1.65. The van der Waals surface area contributed by atoms with Crippen LogP contribution in [-0.4, -0.2) is 20.4 Å². The predicted molar refractivity (Wildman–Crippen MR) is 77.0 cm³/mol. The summed E-state index contributed by atoms with van der Waals surface area (Å²) in [5.74, 6) is 1.40. The number of pyridine rings is 1. The lowest BCUT2D eigenvalue weighted by molar-refractivity contribution is 0.124. The normalized spacial score (nSPS) is 11.4. The third-order valence-electron chi connectivity index (χ3n) is 2.44. The standard InChI is InChI=1S/C14H20N4O2/c1-9-8-12(18(5)17-9)19-11-7-6-10(15)13(16-11)20-14(2,3)4/h6-8H,15H2,1-5H3. The zero-order valence-electron chi connectivity index (χ0n) is 12.5. The Balaban J connectivity index is 2.25. The average molecular weight is 276 g/mol. The minimum atomic E-state index is -0.372. The van der Waals surface area contributed by atoms with Gasteiger partial charge in [0.05, 0.1) is 11.4 Å². The molecule has 2 N–H and O–H groups in total. The van der Waals surface area contributed by atoms with Crippen molar-refractivity contribution in [3.63, 3.8) is 0 Å². The van der Waals surface area contributed by atoms with Crippen molar-refractivity contribution >= 4 is 5.69 Å². The molecule has 0 radical (unpaired) electrons. The van der Waals surface area contributed by atoms with E-state index in [0.29, 0.717) is 23.3 Å². The van der Waals surface area contributed by atoms with E-state index in [9.17, 15) is 0 Å². The van der Waals surface area contributed by atoms with Gasteiger partial charge in [0, 0.05) is 19.2 Å². The highest BCUT2D eigenvalue weighted by molar-refractivity contribution is 5.49. The summed E-state index contributed by atoms with van der Waals surface area (Å²) in [7, 11) is 1.81. The van der Waals surface area contributed by atoms with Crippen molar-refractivity contribution in [3.8, 4) is 17.6 Å². The number of nitrogen functional groups attached to an aromatic ring is 1. The molecule has 2 heterocycles. The Morgan fingerprint density at radius 3 is 2.50 bits per heavy atom. The zero-order valence-corrected chi connectivity index (χ0v) is 12.5. The van der Waals surface area contributed by atoms with Crippen LogP contribution < -0.4 is 15.2 Å². The SMILES string of the molecule is Cc1cc(Oc2ccc(N)c(OC(C)(C)C)n2)n(C)n1. The van der Waals surface area contributed by atoms with Crippen LogP contribution in [-0.2, 0) is 7.05 Å². The number of aryl methyl sites for hydroxylation is 2. The third kappa shape index (κ3) is 3.40. The van der Waals surface area contributed by atoms with Crippen LogP contribution in [0.4, 0.5) is 5.69 Å². The lowest BCUT2D eigenvalue weighted by Gasteiger charge is -2.21. The molecule has 0 aliphatic carbocycles. The summed E-state index contributed by atoms with van der Waals surface area (Å²) < 4.78 is 13.1. The lowest BCUT2D eigenvalue weighted by Crippen LogP contribution is -2.24. The molecular weight excluding hydrogens is 256 g/mol. The number of anilines is 1. The molecule has 108 valence electrons. The molecule has 2 aromatic rings. The first-order valence-electron chi connectivity index (χ1n) is 6.38. The van der Waals surface area contributed by atoms with Gasteiger partial charge < -0.3 is 15.2 Å². The van der Waals surface area contributed by atoms with Crippen LogP contribution in [0.2, 0.25) is 0 Å². The molecule has 0 unspecified atom stereocenters. The Morgan fingerprint density at radius 1 is 1.25 bits per heavy atom. The van der Waals surface area contributed by atoms with E-state index in [1.165, 1.54) is 0 Å². The smallest absolute Gasteiger partial charge is 0.241 e. The quantitative estimate of drug-likeness (QED) is 0.932. The Hall–Kier alpha value is -2.24. The van der Waals surface area contributed by atoms with Crippen LogP contribution in [0.25, 0.3) is 0 Å². The van der Waals surface area contributed by atoms with E-state index in [0.717, 1.165) is 5.69 Å². The highest BCUT2D eigenvalue weighted by atomic mass is 16.5. The maximum Gasteiger partial charge on any atom is 0.241 e. The average Bonchev–Trinajstić information content (AvgIpc) is 2.60. The number of rotatable bonds is 3. The first-order valence-corrected chi connectivity index (χ1v) is 6.38. The molecule has 0 aliphatic heterocycles. The second kappa shape index (κ2) is 5.03. The first kappa shape index (κ1) is 14.2. The molecule has 20 heavy (non-hydrogen) atoms. The van der Waals surface area contributed by atoms with Gasteiger partial charge in [0.1, 0.15) is 5.60 Å². The van der Waals surface area contributed by atoms with Crippen molar-refractivity contribution in [3.05, 3.63) is 23.9 Å². The Kier molecular flexibility index (Phi) is 3.57. The second-order valence-corrected chi connectivity index (χ2v) is 5.61. The van der Waals surface area contributed by atoms with E-state index < -0.39 is 0 Å². The first-order chi connectivity index (χ1) is 9.24. The molecular formula is C14H20N4O2. The van der Waals surface area contributed by atoms with Crippen LogP contribution >= 0.6 is 0 Å². The molecule has 0 saturated carbocycles. The lowest BCUT2D eigenvalue weighted by atomic mass is 10.2. The Labute approximate surface area is 118 Å². The fraction of sp³-hybridized carbons (Fsp3) is 0.429. The summed E-state index contributed by atoms with van der Waals surface area (Å²) in [6.45, 7) is 7.71. The van der Waals surface area contributed by atoms with Crippen molar-refractivity contribution < 1.29 is 9.47 Å². The molecule has 2 aromatic heterocycles. The van der Waals surface area contributed by atoms with E-state index in [4.69, 9.17) is 15.2 Å². The topological polar surface area (TPSA) is 75.2 Å². The molecule has 6 nitrogen and oxygen atoms in total. The van der Waals surface area contributed by atoms with Crippen LogP contribution in [0, 0.1) is 6.92 Å². The van der Waals surface area contributed by atoms with Gasteiger partial charge in [0.25, 0.3) is 0 Å². The Morgan fingerprint density at radius 2 is 1.95 bits per heavy atom. The van der Waals surface area contributed by atoms with Gasteiger partial charge in [-0.25, -0.2) is 4.68 Å². The second-order valence-electron chi connectivity index (χ2n) is 5.61. The summed E-state index contributed by atoms with van der Waals surface area (Å²) in [5, 5.41) is 4.21. The van der Waals surface area contributed by atoms with Crippen LogP contribution in [0.5, 0.6) is 17.6 Å². The summed E-state index contributed by atoms with van der Waals surface area (Å²) in [6, 6.07) is 5.25. The molecule has 6 heteroatoms. The van der Waals surface area contributed by atoms with Crippen molar-refractivity contribution in [1.29, 1.82) is 0 Å². The van der Waals surface area contributed by atoms with Crippen LogP contribution in [0.3, 0.4) is 0 Å². The molecule has 0 amide bonds. The number of nitrogens with two attached hydrogens (primary N) is 1. The number of hydrogen-bond acceptors (Lipinski definition) is 5. The van der Waals surface area contributed by atoms with Crippen molar-refractivity contribution in [2.24, 2.45) is 7.05 Å². The largest absolute Gasteiger partial charge is 0.470 e. The maximum absolute atomic E-state index is 5.86. The van der Waals surface area contributed by atoms with Gasteiger partial charge in [0.2, 0.25) is 17.6 Å². The highest BCUT2D eigenvalue weighted by Crippen LogP contribution is 2.28. The summed E-state index contributed by atoms with van der Waals surface area (Å²) in [5.41, 5.74) is 6.85. The summed E-state index contributed by atoms with van der Waals surface area (Å²) in [6.07, 6.45) is 0. The van der Waals surface area contributed by atoms with E-state index in [1.54, 1.807) is 16.8 Å². The summed E-state index contributed by atoms with van der Waals surface area (Å²) in [4.78, 5) is 4.29. The van der Waals surface area contributed by atoms with Gasteiger partial charge in [-0.3, -0.25) is 0 Å². The van der Waals surface area contributed by atoms with Gasteiger partial charge in [0.15, 0.2) is 0 Å². The highest BCUT2D eigenvalue weighted by Gasteiger charge is 2.16. The minimum absolute atomic E-state index is 0.369. The molecule has 0 atom stereocenters. The van der Waals surface area contributed by atoms with Crippen molar-refractivity contribution in [1.82, 2.24) is 14.8 Å². The fourth-order valence-electron chi connectivity index (χ4n) is 1.65. The van der Waals surface area contributed by atoms with E-state index in [1.807, 2.05) is 40.8 Å². The molecule has 0 saturated heterocycles. The Bertz CT molecular complexity index is 614. The molecule has 0 spiro atoms. The molecule has 0 bridgehead atoms. The van der Waals surface area contributed by atoms with Gasteiger partial charge in [-0.05, 0) is 33.8 Å². The molecule has 0 fully saturated rings. The number of hydrogen-bond donors (Lipinski definition) is 1. The zero-order chi connectivity index (χ0) is 14.9. The predicted octanol–water partition coefficient (Wildman–Crippen LogP) is 2.68. The van der Waals surface area contributed by atoms with Gasteiger partial charge in [-0.2, -0.15) is 10.1 Å². The van der Waals surface area contributed by atoms with E-state index in [2.05, 4.69) is 10.1 Å². The van der Waals surface area contributed by atoms with Crippen LogP contribution in [0.15, 0.2) is 18.2 Å². The van der Waals surface area contributed by atoms with Gasteiger partial charge >= 0.3 is 0 Å². The third-order valence-corrected chi connectivity index (χ3v) is 2.44. The van der Waals surface area contributed by atoms with Gasteiger partial charge in [-0.1, -0.05) is 0 Å². The minimum Gasteiger partial charge on any atom is -0.470 e.